The molecule has 0 saturated carbocycles. The summed E-state index contributed by atoms with van der Waals surface area (Å²) in [4.78, 5) is 4.33. The van der Waals surface area contributed by atoms with Crippen molar-refractivity contribution in [1.82, 2.24) is 10.3 Å². The van der Waals surface area contributed by atoms with Crippen LogP contribution in [0.1, 0.15) is 24.1 Å². The van der Waals surface area contributed by atoms with Crippen LogP contribution in [0.25, 0.3) is 0 Å². The maximum Gasteiger partial charge on any atom is 0.0570 e. The highest BCUT2D eigenvalue weighted by Gasteiger charge is 1.97. The third kappa shape index (κ3) is 4.91. The van der Waals surface area contributed by atoms with Crippen LogP contribution in [0.15, 0.2) is 18.3 Å². The van der Waals surface area contributed by atoms with Crippen molar-refractivity contribution in [2.75, 3.05) is 20.3 Å². The molecule has 0 aromatic carbocycles. The number of pyridine rings is 1. The lowest BCUT2D eigenvalue weighted by atomic mass is 10.2. The molecule has 84 valence electrons. The SMILES string of the molecule is COCCCCNCc1ncccc1C. The molecule has 0 aliphatic rings. The normalized spacial score (nSPS) is 10.5. The molecule has 1 N–H and O–H groups in total. The molecule has 3 heteroatoms. The van der Waals surface area contributed by atoms with E-state index in [1.165, 1.54) is 5.56 Å². The average molecular weight is 208 g/mol. The van der Waals surface area contributed by atoms with Crippen molar-refractivity contribution in [2.45, 2.75) is 26.3 Å². The van der Waals surface area contributed by atoms with Gasteiger partial charge in [0.2, 0.25) is 0 Å². The molecule has 0 atom stereocenters. The number of hydrogen-bond acceptors (Lipinski definition) is 3. The molecule has 3 nitrogen and oxygen atoms in total. The molecule has 0 bridgehead atoms. The molecule has 0 unspecified atom stereocenters. The quantitative estimate of drug-likeness (QED) is 0.695. The van der Waals surface area contributed by atoms with Crippen LogP contribution in [0.3, 0.4) is 0 Å². The molecule has 0 aliphatic heterocycles. The number of methoxy groups -OCH3 is 1. The Morgan fingerprint density at radius 2 is 2.27 bits per heavy atom. The molecule has 0 spiro atoms. The van der Waals surface area contributed by atoms with E-state index in [0.29, 0.717) is 0 Å². The number of unbranched alkanes of at least 4 members (excludes halogenated alkanes) is 1. The lowest BCUT2D eigenvalue weighted by molar-refractivity contribution is 0.192. The number of nitrogens with one attached hydrogen (secondary N) is 1. The van der Waals surface area contributed by atoms with Crippen molar-refractivity contribution in [3.8, 4) is 0 Å². The molecule has 1 heterocycles. The van der Waals surface area contributed by atoms with Gasteiger partial charge < -0.3 is 10.1 Å². The minimum absolute atomic E-state index is 0.851. The highest BCUT2D eigenvalue weighted by molar-refractivity contribution is 5.17. The molecule has 1 aromatic rings. The van der Waals surface area contributed by atoms with Crippen LogP contribution in [0.2, 0.25) is 0 Å². The van der Waals surface area contributed by atoms with E-state index in [2.05, 4.69) is 23.3 Å². The van der Waals surface area contributed by atoms with Gasteiger partial charge in [-0.25, -0.2) is 0 Å². The number of aromatic nitrogens is 1. The molecule has 15 heavy (non-hydrogen) atoms. The van der Waals surface area contributed by atoms with E-state index in [0.717, 1.165) is 38.2 Å². The Labute approximate surface area is 91.9 Å². The van der Waals surface area contributed by atoms with Gasteiger partial charge in [0, 0.05) is 26.5 Å². The molecule has 0 fully saturated rings. The summed E-state index contributed by atoms with van der Waals surface area (Å²) in [6.45, 7) is 4.83. The number of aryl methyl sites for hydroxylation is 1. The van der Waals surface area contributed by atoms with Gasteiger partial charge in [-0.3, -0.25) is 4.98 Å². The average Bonchev–Trinajstić information content (AvgIpc) is 2.25. The first-order chi connectivity index (χ1) is 7.34. The monoisotopic (exact) mass is 208 g/mol. The fourth-order valence-corrected chi connectivity index (χ4v) is 1.41. The van der Waals surface area contributed by atoms with Gasteiger partial charge in [-0.1, -0.05) is 6.07 Å². The molecule has 1 aromatic heterocycles. The van der Waals surface area contributed by atoms with Crippen molar-refractivity contribution in [3.63, 3.8) is 0 Å². The van der Waals surface area contributed by atoms with Gasteiger partial charge in [0.05, 0.1) is 5.69 Å². The van der Waals surface area contributed by atoms with Crippen molar-refractivity contribution in [2.24, 2.45) is 0 Å². The summed E-state index contributed by atoms with van der Waals surface area (Å²) in [6, 6.07) is 4.06. The number of nitrogens with zero attached hydrogens (tertiary/aromatic N) is 1. The van der Waals surface area contributed by atoms with Crippen molar-refractivity contribution < 1.29 is 4.74 Å². The van der Waals surface area contributed by atoms with E-state index >= 15 is 0 Å². The second-order valence-electron chi connectivity index (χ2n) is 3.64. The second-order valence-corrected chi connectivity index (χ2v) is 3.64. The Bertz CT molecular complexity index is 276. The summed E-state index contributed by atoms with van der Waals surface area (Å²) in [5.41, 5.74) is 2.39. The Kier molecular flexibility index (Phi) is 5.97. The molecule has 0 amide bonds. The smallest absolute Gasteiger partial charge is 0.0570 e. The summed E-state index contributed by atoms with van der Waals surface area (Å²) < 4.78 is 4.99. The fourth-order valence-electron chi connectivity index (χ4n) is 1.41. The molecule has 0 aliphatic carbocycles. The number of rotatable bonds is 7. The van der Waals surface area contributed by atoms with Crippen LogP contribution in [0.4, 0.5) is 0 Å². The van der Waals surface area contributed by atoms with Gasteiger partial charge >= 0.3 is 0 Å². The highest BCUT2D eigenvalue weighted by atomic mass is 16.5. The Balaban J connectivity index is 2.12. The summed E-state index contributed by atoms with van der Waals surface area (Å²) in [6.07, 6.45) is 4.11. The zero-order valence-corrected chi connectivity index (χ0v) is 9.62. The van der Waals surface area contributed by atoms with Crippen LogP contribution in [0.5, 0.6) is 0 Å². The largest absolute Gasteiger partial charge is 0.385 e. The van der Waals surface area contributed by atoms with Crippen LogP contribution in [-0.4, -0.2) is 25.2 Å². The Morgan fingerprint density at radius 3 is 3.00 bits per heavy atom. The minimum Gasteiger partial charge on any atom is -0.385 e. The molecule has 0 saturated heterocycles. The lowest BCUT2D eigenvalue weighted by Gasteiger charge is -2.06. The topological polar surface area (TPSA) is 34.1 Å². The summed E-state index contributed by atoms with van der Waals surface area (Å²) in [7, 11) is 1.74. The molecular weight excluding hydrogens is 188 g/mol. The summed E-state index contributed by atoms with van der Waals surface area (Å²) in [5, 5.41) is 3.38. The first-order valence-electron chi connectivity index (χ1n) is 5.44. The lowest BCUT2D eigenvalue weighted by Crippen LogP contribution is -2.16. The zero-order chi connectivity index (χ0) is 10.9. The molecule has 0 radical (unpaired) electrons. The third-order valence-electron chi connectivity index (χ3n) is 2.36. The van der Waals surface area contributed by atoms with Gasteiger partial charge in [0.1, 0.15) is 0 Å². The van der Waals surface area contributed by atoms with Crippen LogP contribution >= 0.6 is 0 Å². The fraction of sp³-hybridized carbons (Fsp3) is 0.583. The van der Waals surface area contributed by atoms with E-state index in [4.69, 9.17) is 4.74 Å². The summed E-state index contributed by atoms with van der Waals surface area (Å²) >= 11 is 0. The van der Waals surface area contributed by atoms with Gasteiger partial charge in [0.25, 0.3) is 0 Å². The van der Waals surface area contributed by atoms with E-state index in [9.17, 15) is 0 Å². The van der Waals surface area contributed by atoms with Gasteiger partial charge in [-0.15, -0.1) is 0 Å². The minimum atomic E-state index is 0.851. The highest BCUT2D eigenvalue weighted by Crippen LogP contribution is 2.02. The van der Waals surface area contributed by atoms with Gasteiger partial charge in [-0.05, 0) is 37.9 Å². The zero-order valence-electron chi connectivity index (χ0n) is 9.62. The van der Waals surface area contributed by atoms with E-state index in [-0.39, 0.29) is 0 Å². The van der Waals surface area contributed by atoms with Crippen LogP contribution in [-0.2, 0) is 11.3 Å². The number of hydrogen-bond donors (Lipinski definition) is 1. The maximum atomic E-state index is 4.99. The summed E-state index contributed by atoms with van der Waals surface area (Å²) in [5.74, 6) is 0. The number of ether oxygens (including phenoxy) is 1. The van der Waals surface area contributed by atoms with E-state index < -0.39 is 0 Å². The maximum absolute atomic E-state index is 4.99. The third-order valence-corrected chi connectivity index (χ3v) is 2.36. The first kappa shape index (κ1) is 12.1. The van der Waals surface area contributed by atoms with E-state index in [1.54, 1.807) is 7.11 Å². The Morgan fingerprint density at radius 1 is 1.40 bits per heavy atom. The van der Waals surface area contributed by atoms with Crippen molar-refractivity contribution in [1.29, 1.82) is 0 Å². The van der Waals surface area contributed by atoms with Crippen LogP contribution < -0.4 is 5.32 Å². The molecular formula is C12H20N2O. The Hall–Kier alpha value is -0.930. The predicted molar refractivity (Wildman–Crippen MR) is 61.8 cm³/mol. The van der Waals surface area contributed by atoms with E-state index in [1.807, 2.05) is 12.3 Å². The van der Waals surface area contributed by atoms with Gasteiger partial charge in [-0.2, -0.15) is 0 Å². The van der Waals surface area contributed by atoms with Crippen molar-refractivity contribution >= 4 is 0 Å². The standard InChI is InChI=1S/C12H20N2O/c1-11-6-5-8-14-12(11)10-13-7-3-4-9-15-2/h5-6,8,13H,3-4,7,9-10H2,1-2H3. The second kappa shape index (κ2) is 7.37. The molecule has 1 rings (SSSR count). The van der Waals surface area contributed by atoms with Gasteiger partial charge in [0.15, 0.2) is 0 Å². The van der Waals surface area contributed by atoms with Crippen molar-refractivity contribution in [3.05, 3.63) is 29.6 Å². The first-order valence-corrected chi connectivity index (χ1v) is 5.44. The predicted octanol–water partition coefficient (Wildman–Crippen LogP) is 1.91. The van der Waals surface area contributed by atoms with Crippen LogP contribution in [0, 0.1) is 6.92 Å².